The zero-order chi connectivity index (χ0) is 31.1. The van der Waals surface area contributed by atoms with Gasteiger partial charge in [0, 0.05) is 25.4 Å². The van der Waals surface area contributed by atoms with E-state index in [0.29, 0.717) is 30.6 Å². The van der Waals surface area contributed by atoms with Crippen LogP contribution in [0.3, 0.4) is 0 Å². The van der Waals surface area contributed by atoms with Crippen molar-refractivity contribution in [2.24, 2.45) is 23.2 Å². The minimum atomic E-state index is -0.964. The number of hydrogen-bond acceptors (Lipinski definition) is 3. The van der Waals surface area contributed by atoms with Crippen LogP contribution in [0.15, 0.2) is 48.5 Å². The van der Waals surface area contributed by atoms with E-state index in [1.165, 1.54) is 24.8 Å². The largest absolute Gasteiger partial charge is 0.508 e. The molecule has 0 heterocycles. The average Bonchev–Trinajstić information content (AvgIpc) is 3.31. The van der Waals surface area contributed by atoms with Crippen molar-refractivity contribution < 1.29 is 19.4 Å². The van der Waals surface area contributed by atoms with Crippen LogP contribution >= 0.6 is 0 Å². The molecule has 3 aliphatic rings. The summed E-state index contributed by atoms with van der Waals surface area (Å²) in [6, 6.07) is 16.0. The van der Waals surface area contributed by atoms with Crippen LogP contribution in [0.4, 0.5) is 4.39 Å². The summed E-state index contributed by atoms with van der Waals surface area (Å²) in [6.45, 7) is 6.03. The Hall–Kier alpha value is -2.40. The van der Waals surface area contributed by atoms with E-state index in [-0.39, 0.29) is 23.0 Å². The molecule has 0 saturated heterocycles. The number of halogens is 1. The number of aliphatic hydroxyl groups excluding tert-OH is 1. The Morgan fingerprint density at radius 2 is 1.73 bits per heavy atom. The fraction of sp³-hybridized carbons (Fsp3) is 0.667. The second-order valence-corrected chi connectivity index (χ2v) is 14.5. The minimum absolute atomic E-state index is 0.139. The molecule has 5 rings (SSSR count). The van der Waals surface area contributed by atoms with Gasteiger partial charge < -0.3 is 15.1 Å². The number of phenolic OH excluding ortho intramolecular Hbond substituents is 1. The quantitative estimate of drug-likeness (QED) is 0.200. The summed E-state index contributed by atoms with van der Waals surface area (Å²) < 4.78 is 16.1. The molecule has 0 radical (unpaired) electrons. The molecule has 0 aliphatic heterocycles. The molecule has 0 unspecified atom stereocenters. The Kier molecular flexibility index (Phi) is 11.4. The number of aliphatic hydroxyl groups is 1. The van der Waals surface area contributed by atoms with Crippen LogP contribution in [-0.2, 0) is 17.6 Å². The van der Waals surface area contributed by atoms with Crippen molar-refractivity contribution in [2.45, 2.75) is 128 Å². The third kappa shape index (κ3) is 7.52. The number of aromatic hydroxyl groups is 1. The van der Waals surface area contributed by atoms with Gasteiger partial charge in [0.1, 0.15) is 11.9 Å². The summed E-state index contributed by atoms with van der Waals surface area (Å²) in [5, 5.41) is 21.2. The first-order chi connectivity index (χ1) is 21.3. The highest BCUT2D eigenvalue weighted by Crippen LogP contribution is 2.63. The van der Waals surface area contributed by atoms with E-state index in [1.54, 1.807) is 6.07 Å². The number of unbranched alkanes of at least 4 members (excludes halogenated alkanes) is 5. The maximum atomic E-state index is 16.1. The van der Waals surface area contributed by atoms with E-state index in [4.69, 9.17) is 0 Å². The van der Waals surface area contributed by atoms with Crippen LogP contribution in [0.1, 0.15) is 120 Å². The summed E-state index contributed by atoms with van der Waals surface area (Å²) >= 11 is 0. The van der Waals surface area contributed by atoms with Gasteiger partial charge in [-0.05, 0) is 110 Å². The summed E-state index contributed by atoms with van der Waals surface area (Å²) in [5.41, 5.74) is 3.15. The van der Waals surface area contributed by atoms with Crippen LogP contribution in [0.25, 0.3) is 0 Å². The highest BCUT2D eigenvalue weighted by Gasteiger charge is 2.59. The second-order valence-electron chi connectivity index (χ2n) is 14.5. The molecule has 0 aromatic heterocycles. The van der Waals surface area contributed by atoms with Crippen LogP contribution in [0.5, 0.6) is 5.75 Å². The number of amides is 1. The number of nitrogens with zero attached hydrogens (tertiary/aromatic N) is 1. The van der Waals surface area contributed by atoms with Crippen molar-refractivity contribution >= 4 is 5.91 Å². The monoisotopic (exact) mass is 605 g/mol. The Morgan fingerprint density at radius 3 is 2.48 bits per heavy atom. The van der Waals surface area contributed by atoms with Crippen LogP contribution in [-0.4, -0.2) is 46.4 Å². The number of phenols is 1. The third-order valence-electron chi connectivity index (χ3n) is 11.6. The highest BCUT2D eigenvalue weighted by atomic mass is 19.1. The van der Waals surface area contributed by atoms with Crippen molar-refractivity contribution in [3.8, 4) is 5.75 Å². The summed E-state index contributed by atoms with van der Waals surface area (Å²) in [7, 11) is 0. The molecule has 5 heteroatoms. The number of benzene rings is 2. The van der Waals surface area contributed by atoms with Gasteiger partial charge >= 0.3 is 0 Å². The van der Waals surface area contributed by atoms with Gasteiger partial charge in [0.2, 0.25) is 5.91 Å². The summed E-state index contributed by atoms with van der Waals surface area (Å²) in [5.74, 6) is 1.35. The lowest BCUT2D eigenvalue weighted by molar-refractivity contribution is -0.131. The standard InChI is InChI=1S/C39H56FNO3/c1-3-4-5-11-23-41(36(44)18-13-16-28-14-8-6-9-15-28)24-12-7-10-17-29-25-30-26-31(42)19-20-32(30)38-34(40)27-39(2)33(37(29)38)21-22-35(39)43/h6,8-9,14-15,19-20,26,29,33-35,37-38,42-43H,3-5,7,10-13,16-18,21-25,27H2,1-2H3/t29-,33+,34+,35+,37+,38+,39+/m1/s1. The molecule has 0 bridgehead atoms. The van der Waals surface area contributed by atoms with Gasteiger partial charge in [-0.15, -0.1) is 0 Å². The Labute approximate surface area is 265 Å². The Balaban J connectivity index is 1.17. The number of hydrogen-bond donors (Lipinski definition) is 2. The maximum absolute atomic E-state index is 16.1. The normalized spacial score (nSPS) is 29.1. The molecule has 242 valence electrons. The fourth-order valence-corrected chi connectivity index (χ4v) is 9.26. The number of alkyl halides is 1. The van der Waals surface area contributed by atoms with Crippen molar-refractivity contribution in [1.82, 2.24) is 4.90 Å². The predicted molar refractivity (Wildman–Crippen MR) is 176 cm³/mol. The molecule has 0 spiro atoms. The zero-order valence-corrected chi connectivity index (χ0v) is 27.2. The van der Waals surface area contributed by atoms with Crippen molar-refractivity contribution in [2.75, 3.05) is 13.1 Å². The lowest BCUT2D eigenvalue weighted by atomic mass is 9.51. The first-order valence-electron chi connectivity index (χ1n) is 17.8. The maximum Gasteiger partial charge on any atom is 0.222 e. The summed E-state index contributed by atoms with van der Waals surface area (Å²) in [4.78, 5) is 15.4. The topological polar surface area (TPSA) is 60.8 Å². The molecule has 2 fully saturated rings. The van der Waals surface area contributed by atoms with E-state index < -0.39 is 12.3 Å². The minimum Gasteiger partial charge on any atom is -0.508 e. The van der Waals surface area contributed by atoms with Gasteiger partial charge in [-0.25, -0.2) is 4.39 Å². The molecule has 1 amide bonds. The van der Waals surface area contributed by atoms with Gasteiger partial charge in [0.15, 0.2) is 0 Å². The van der Waals surface area contributed by atoms with Gasteiger partial charge in [-0.1, -0.05) is 82.3 Å². The van der Waals surface area contributed by atoms with Crippen LogP contribution in [0, 0.1) is 23.2 Å². The van der Waals surface area contributed by atoms with E-state index in [1.807, 2.05) is 18.2 Å². The smallest absolute Gasteiger partial charge is 0.222 e. The number of aryl methyl sites for hydroxylation is 1. The molecular weight excluding hydrogens is 549 g/mol. The van der Waals surface area contributed by atoms with Gasteiger partial charge in [0.25, 0.3) is 0 Å². The number of carbonyl (C=O) groups is 1. The molecule has 7 atom stereocenters. The molecular formula is C39H56FNO3. The summed E-state index contributed by atoms with van der Waals surface area (Å²) in [6.07, 6.45) is 13.0. The molecule has 4 nitrogen and oxygen atoms in total. The highest BCUT2D eigenvalue weighted by molar-refractivity contribution is 5.76. The predicted octanol–water partition coefficient (Wildman–Crippen LogP) is 8.78. The number of rotatable bonds is 15. The molecule has 2 aromatic carbocycles. The first-order valence-corrected chi connectivity index (χ1v) is 17.8. The zero-order valence-electron chi connectivity index (χ0n) is 27.2. The molecule has 44 heavy (non-hydrogen) atoms. The van der Waals surface area contributed by atoms with Gasteiger partial charge in [-0.2, -0.15) is 0 Å². The number of carbonyl (C=O) groups excluding carboxylic acids is 1. The van der Waals surface area contributed by atoms with E-state index in [9.17, 15) is 15.0 Å². The molecule has 3 aliphatic carbocycles. The van der Waals surface area contributed by atoms with E-state index in [0.717, 1.165) is 88.4 Å². The van der Waals surface area contributed by atoms with E-state index >= 15 is 4.39 Å². The SMILES string of the molecule is CCCCCCN(CCCCC[C@@H]1Cc2cc(O)ccc2[C@@H]2[C@@H]1[C@@H]1CC[C@H](O)[C@@]1(C)C[C@@H]2F)C(=O)CCCc1ccccc1. The lowest BCUT2D eigenvalue weighted by Gasteiger charge is -2.54. The first kappa shape index (κ1) is 33.0. The average molecular weight is 606 g/mol. The third-order valence-corrected chi connectivity index (χ3v) is 11.6. The molecule has 2 N–H and O–H groups in total. The molecule has 2 saturated carbocycles. The van der Waals surface area contributed by atoms with E-state index in [2.05, 4.69) is 43.0 Å². The number of fused-ring (bicyclic) bond motifs is 5. The molecule has 2 aromatic rings. The fourth-order valence-electron chi connectivity index (χ4n) is 9.26. The van der Waals surface area contributed by atoms with Crippen LogP contribution in [0.2, 0.25) is 0 Å². The van der Waals surface area contributed by atoms with Crippen molar-refractivity contribution in [3.05, 3.63) is 65.2 Å². The van der Waals surface area contributed by atoms with Crippen molar-refractivity contribution in [3.63, 3.8) is 0 Å². The Bertz CT molecular complexity index is 1200. The second kappa shape index (κ2) is 15.3. The van der Waals surface area contributed by atoms with Gasteiger partial charge in [-0.3, -0.25) is 4.79 Å². The van der Waals surface area contributed by atoms with Crippen molar-refractivity contribution in [1.29, 1.82) is 0 Å². The van der Waals surface area contributed by atoms with Gasteiger partial charge in [0.05, 0.1) is 6.10 Å². The van der Waals surface area contributed by atoms with Crippen LogP contribution < -0.4 is 0 Å². The Morgan fingerprint density at radius 1 is 0.977 bits per heavy atom. The lowest BCUT2D eigenvalue weighted by Crippen LogP contribution is -2.51.